The number of methoxy groups -OCH3 is 2. The molecule has 4 heterocycles. The monoisotopic (exact) mass is 816 g/mol. The molecule has 16 heteroatoms. The fraction of sp³-hybridized carbons (Fsp3) is 0.341. The number of likely N-dealkylation sites (tertiary alicyclic amines) is 2. The van der Waals surface area contributed by atoms with Crippen LogP contribution in [-0.4, -0.2) is 99.1 Å². The normalized spacial score (nSPS) is 17.1. The Labute approximate surface area is 347 Å². The van der Waals surface area contributed by atoms with Gasteiger partial charge in [0.15, 0.2) is 5.69 Å². The summed E-state index contributed by atoms with van der Waals surface area (Å²) in [6.07, 6.45) is 3.31. The number of amides is 4. The maximum Gasteiger partial charge on any atom is 0.407 e. The van der Waals surface area contributed by atoms with Gasteiger partial charge in [0.1, 0.15) is 36.0 Å². The number of imidazole rings is 2. The highest BCUT2D eigenvalue weighted by molar-refractivity contribution is 5.95. The lowest BCUT2D eigenvalue weighted by Crippen LogP contribution is -2.46. The summed E-state index contributed by atoms with van der Waals surface area (Å²) in [7, 11) is 2.50. The number of hydrogen-bond acceptors (Lipinski definition) is 10. The summed E-state index contributed by atoms with van der Waals surface area (Å²) in [4.78, 5) is 83.4. The number of benzene rings is 3. The third-order valence-corrected chi connectivity index (χ3v) is 10.9. The molecule has 2 fully saturated rings. The largest absolute Gasteiger partial charge is 0.456 e. The maximum atomic E-state index is 13.7. The van der Waals surface area contributed by atoms with Crippen LogP contribution >= 0.6 is 0 Å². The smallest absolute Gasteiger partial charge is 0.407 e. The zero-order chi connectivity index (χ0) is 42.3. The van der Waals surface area contributed by atoms with Crippen LogP contribution in [0.25, 0.3) is 33.6 Å². The van der Waals surface area contributed by atoms with E-state index in [0.717, 1.165) is 47.2 Å². The lowest BCUT2D eigenvalue weighted by atomic mass is 10.0. The highest BCUT2D eigenvalue weighted by Gasteiger charge is 2.37. The van der Waals surface area contributed by atoms with Gasteiger partial charge in [-0.2, -0.15) is 0 Å². The molecule has 2 aliphatic rings. The lowest BCUT2D eigenvalue weighted by Gasteiger charge is -2.26. The number of nitrogens with zero attached hydrogens (tertiary/aromatic N) is 4. The van der Waals surface area contributed by atoms with E-state index in [4.69, 9.17) is 9.72 Å². The molecule has 0 aliphatic carbocycles. The van der Waals surface area contributed by atoms with E-state index in [1.54, 1.807) is 29.8 Å². The molecule has 0 unspecified atom stereocenters. The standard InChI is InChI=1S/C44H48N8O8/c1-26(46-43(56)58-3)40(53)51-22-8-12-34(51)38-45-24-33(48-38)31-18-14-29(15-19-31)30-16-20-32(21-17-30)36-37(42(55)60-25-28-10-6-5-7-11-28)50-39(49-36)35-13-9-23-52(35)41(54)27(2)47-44(57)59-4/h5-7,10-11,14-21,24,26-27,34-35H,8-9,12-13,22-23,25H2,1-4H3,(H,45,48)(H,46,56)(H,47,57)(H,49,50)/t26-,27-,34-,35-/m0/s1. The Bertz CT molecular complexity index is 2330. The molecular formula is C44H48N8O8. The van der Waals surface area contributed by atoms with Gasteiger partial charge in [-0.3, -0.25) is 9.59 Å². The number of ether oxygens (including phenoxy) is 3. The number of carbonyl (C=O) groups is 5. The van der Waals surface area contributed by atoms with Crippen molar-refractivity contribution in [3.05, 3.63) is 108 Å². The molecule has 4 amide bonds. The molecule has 312 valence electrons. The number of aromatic amines is 2. The molecule has 4 N–H and O–H groups in total. The second-order valence-electron chi connectivity index (χ2n) is 14.8. The first-order chi connectivity index (χ1) is 29.0. The number of alkyl carbamates (subject to hydrolysis) is 2. The number of rotatable bonds is 12. The molecule has 16 nitrogen and oxygen atoms in total. The minimum absolute atomic E-state index is 0.0706. The maximum absolute atomic E-state index is 13.7. The number of H-pyrrole nitrogens is 2. The van der Waals surface area contributed by atoms with Crippen LogP contribution in [-0.2, 0) is 30.4 Å². The van der Waals surface area contributed by atoms with Crippen LogP contribution < -0.4 is 10.6 Å². The Hall–Kier alpha value is -6.97. The Morgan fingerprint density at radius 2 is 1.22 bits per heavy atom. The third kappa shape index (κ3) is 9.02. The van der Waals surface area contributed by atoms with Crippen LogP contribution in [0.4, 0.5) is 9.59 Å². The summed E-state index contributed by atoms with van der Waals surface area (Å²) in [5, 5.41) is 5.09. The molecule has 7 rings (SSSR count). The van der Waals surface area contributed by atoms with Crippen molar-refractivity contribution in [2.24, 2.45) is 0 Å². The molecule has 0 radical (unpaired) electrons. The minimum Gasteiger partial charge on any atom is -0.456 e. The summed E-state index contributed by atoms with van der Waals surface area (Å²) in [6, 6.07) is 22.9. The minimum atomic E-state index is -0.825. The Morgan fingerprint density at radius 3 is 1.77 bits per heavy atom. The molecule has 0 saturated carbocycles. The number of aromatic nitrogens is 4. The van der Waals surface area contributed by atoms with E-state index < -0.39 is 36.3 Å². The van der Waals surface area contributed by atoms with E-state index in [9.17, 15) is 24.0 Å². The zero-order valence-corrected chi connectivity index (χ0v) is 33.9. The van der Waals surface area contributed by atoms with Crippen LogP contribution in [0.2, 0.25) is 0 Å². The van der Waals surface area contributed by atoms with Gasteiger partial charge in [-0.05, 0) is 61.8 Å². The second kappa shape index (κ2) is 18.3. The van der Waals surface area contributed by atoms with E-state index in [2.05, 4.69) is 35.1 Å². The number of nitrogens with one attached hydrogen (secondary N) is 4. The Kier molecular flexibility index (Phi) is 12.6. The van der Waals surface area contributed by atoms with Gasteiger partial charge >= 0.3 is 18.2 Å². The van der Waals surface area contributed by atoms with Crippen molar-refractivity contribution in [3.8, 4) is 33.6 Å². The van der Waals surface area contributed by atoms with E-state index in [0.29, 0.717) is 42.4 Å². The first-order valence-electron chi connectivity index (χ1n) is 19.9. The summed E-state index contributed by atoms with van der Waals surface area (Å²) < 4.78 is 15.1. The molecule has 3 aromatic carbocycles. The van der Waals surface area contributed by atoms with Gasteiger partial charge in [-0.1, -0.05) is 78.9 Å². The van der Waals surface area contributed by atoms with E-state index in [-0.39, 0.29) is 30.2 Å². The van der Waals surface area contributed by atoms with Gasteiger partial charge in [0, 0.05) is 18.7 Å². The summed E-state index contributed by atoms with van der Waals surface area (Å²) >= 11 is 0. The van der Waals surface area contributed by atoms with Gasteiger partial charge in [-0.15, -0.1) is 0 Å². The molecule has 60 heavy (non-hydrogen) atoms. The van der Waals surface area contributed by atoms with Crippen molar-refractivity contribution >= 4 is 30.0 Å². The number of hydrogen-bond donors (Lipinski definition) is 4. The number of carbonyl (C=O) groups excluding carboxylic acids is 5. The molecule has 2 aromatic heterocycles. The quantitative estimate of drug-likeness (QED) is 0.0818. The SMILES string of the molecule is COC(=O)N[C@@H](C)C(=O)N1CCC[C@H]1c1ncc(-c2ccc(-c3ccc(-c4nc([C@@H]5CCCN5C(=O)[C@H](C)NC(=O)OC)[nH]c4C(=O)OCc4ccccc4)cc3)cc2)[nH]1. The van der Waals surface area contributed by atoms with Crippen LogP contribution in [0, 0.1) is 0 Å². The first-order valence-corrected chi connectivity index (χ1v) is 19.9. The van der Waals surface area contributed by atoms with Crippen LogP contribution in [0.3, 0.4) is 0 Å². The molecule has 0 spiro atoms. The molecule has 2 aliphatic heterocycles. The van der Waals surface area contributed by atoms with Crippen molar-refractivity contribution in [1.82, 2.24) is 40.4 Å². The zero-order valence-electron chi connectivity index (χ0n) is 33.9. The fourth-order valence-corrected chi connectivity index (χ4v) is 7.74. The first kappa shape index (κ1) is 41.2. The summed E-state index contributed by atoms with van der Waals surface area (Å²) in [5.74, 6) is 0.0699. The summed E-state index contributed by atoms with van der Waals surface area (Å²) in [5.41, 5.74) is 5.72. The Balaban J connectivity index is 1.09. The molecule has 0 bridgehead atoms. The van der Waals surface area contributed by atoms with E-state index in [1.807, 2.05) is 78.9 Å². The highest BCUT2D eigenvalue weighted by Crippen LogP contribution is 2.36. The van der Waals surface area contributed by atoms with Crippen LogP contribution in [0.15, 0.2) is 85.1 Å². The third-order valence-electron chi connectivity index (χ3n) is 10.9. The van der Waals surface area contributed by atoms with Crippen molar-refractivity contribution < 1.29 is 38.2 Å². The van der Waals surface area contributed by atoms with Gasteiger partial charge in [0.05, 0.1) is 38.2 Å². The predicted molar refractivity (Wildman–Crippen MR) is 220 cm³/mol. The Morgan fingerprint density at radius 1 is 0.700 bits per heavy atom. The fourth-order valence-electron chi connectivity index (χ4n) is 7.74. The van der Waals surface area contributed by atoms with Gasteiger partial charge in [0.2, 0.25) is 11.8 Å². The molecular weight excluding hydrogens is 769 g/mol. The average Bonchev–Trinajstić information content (AvgIpc) is 4.12. The lowest BCUT2D eigenvalue weighted by molar-refractivity contribution is -0.134. The van der Waals surface area contributed by atoms with E-state index >= 15 is 0 Å². The topological polar surface area (TPSA) is 201 Å². The number of esters is 1. The summed E-state index contributed by atoms with van der Waals surface area (Å²) in [6.45, 7) is 4.34. The van der Waals surface area contributed by atoms with Gasteiger partial charge < -0.3 is 44.6 Å². The molecule has 2 saturated heterocycles. The molecule has 5 aromatic rings. The van der Waals surface area contributed by atoms with Crippen molar-refractivity contribution in [1.29, 1.82) is 0 Å². The van der Waals surface area contributed by atoms with Crippen molar-refractivity contribution in [2.75, 3.05) is 27.3 Å². The van der Waals surface area contributed by atoms with Crippen molar-refractivity contribution in [3.63, 3.8) is 0 Å². The van der Waals surface area contributed by atoms with E-state index in [1.165, 1.54) is 14.2 Å². The van der Waals surface area contributed by atoms with Crippen LogP contribution in [0.1, 0.15) is 79.3 Å². The second-order valence-corrected chi connectivity index (χ2v) is 14.8. The van der Waals surface area contributed by atoms with Gasteiger partial charge in [-0.25, -0.2) is 24.4 Å². The van der Waals surface area contributed by atoms with Crippen molar-refractivity contribution in [2.45, 2.75) is 70.3 Å². The van der Waals surface area contributed by atoms with Crippen LogP contribution in [0.5, 0.6) is 0 Å². The highest BCUT2D eigenvalue weighted by atomic mass is 16.5. The molecule has 4 atom stereocenters. The average molecular weight is 817 g/mol. The predicted octanol–water partition coefficient (Wildman–Crippen LogP) is 6.31. The van der Waals surface area contributed by atoms with Gasteiger partial charge in [0.25, 0.3) is 0 Å².